The number of carbonyl (C=O) groups is 1. The molecule has 1 heterocycles. The van der Waals surface area contributed by atoms with E-state index < -0.39 is 0 Å². The Morgan fingerprint density at radius 2 is 1.74 bits per heavy atom. The maximum atomic E-state index is 12.5. The first kappa shape index (κ1) is 19.7. The van der Waals surface area contributed by atoms with Gasteiger partial charge in [0.2, 0.25) is 0 Å². The molecule has 144 valence electrons. The zero-order chi connectivity index (χ0) is 19.1. The molecule has 1 fully saturated rings. The van der Waals surface area contributed by atoms with Crippen molar-refractivity contribution in [3.63, 3.8) is 0 Å². The molecule has 1 aliphatic rings. The minimum atomic E-state index is -0.0444. The minimum absolute atomic E-state index is 0.0444. The summed E-state index contributed by atoms with van der Waals surface area (Å²) in [7, 11) is 0. The number of halogens is 1. The van der Waals surface area contributed by atoms with Gasteiger partial charge in [-0.1, -0.05) is 29.8 Å². The molecule has 0 aromatic heterocycles. The second kappa shape index (κ2) is 9.74. The van der Waals surface area contributed by atoms with Crippen LogP contribution in [-0.2, 0) is 4.79 Å². The summed E-state index contributed by atoms with van der Waals surface area (Å²) in [6, 6.07) is 17.1. The van der Waals surface area contributed by atoms with Crippen LogP contribution in [0.25, 0.3) is 0 Å². The largest absolute Gasteiger partial charge is 0.488 e. The van der Waals surface area contributed by atoms with E-state index in [0.717, 1.165) is 49.2 Å². The Bertz CT molecular complexity index is 716. The zero-order valence-corrected chi connectivity index (χ0v) is 16.5. The van der Waals surface area contributed by atoms with Crippen LogP contribution in [0, 0.1) is 0 Å². The maximum absolute atomic E-state index is 12.5. The van der Waals surface area contributed by atoms with Crippen LogP contribution in [0.1, 0.15) is 6.92 Å². The van der Waals surface area contributed by atoms with E-state index in [4.69, 9.17) is 16.3 Å². The van der Waals surface area contributed by atoms with Crippen molar-refractivity contribution in [3.8, 4) is 5.75 Å². The van der Waals surface area contributed by atoms with Gasteiger partial charge in [0.25, 0.3) is 5.91 Å². The molecule has 1 aliphatic heterocycles. The van der Waals surface area contributed by atoms with Gasteiger partial charge in [0.05, 0.1) is 0 Å². The van der Waals surface area contributed by atoms with E-state index in [-0.39, 0.29) is 11.9 Å². The molecule has 27 heavy (non-hydrogen) atoms. The fourth-order valence-electron chi connectivity index (χ4n) is 3.41. The van der Waals surface area contributed by atoms with Crippen molar-refractivity contribution in [2.75, 3.05) is 44.6 Å². The van der Waals surface area contributed by atoms with Gasteiger partial charge in [-0.15, -0.1) is 0 Å². The van der Waals surface area contributed by atoms with Gasteiger partial charge in [0.1, 0.15) is 45.1 Å². The molecular weight excluding hydrogens is 362 g/mol. The Labute approximate surface area is 165 Å². The summed E-state index contributed by atoms with van der Waals surface area (Å²) in [6.07, 6.45) is 0. The molecule has 2 aromatic carbocycles. The van der Waals surface area contributed by atoms with Gasteiger partial charge in [-0.25, -0.2) is 0 Å². The van der Waals surface area contributed by atoms with Gasteiger partial charge in [-0.3, -0.25) is 4.79 Å². The molecule has 6 heteroatoms. The third-order valence-corrected chi connectivity index (χ3v) is 5.44. The van der Waals surface area contributed by atoms with Gasteiger partial charge in [-0.2, -0.15) is 0 Å². The number of rotatable bonds is 7. The van der Waals surface area contributed by atoms with Crippen molar-refractivity contribution < 1.29 is 19.3 Å². The lowest BCUT2D eigenvalue weighted by Gasteiger charge is -2.32. The van der Waals surface area contributed by atoms with Crippen molar-refractivity contribution in [1.29, 1.82) is 0 Å². The number of carbonyl (C=O) groups excluding carboxylic acids is 1. The summed E-state index contributed by atoms with van der Waals surface area (Å²) in [5, 5.41) is 3.73. The van der Waals surface area contributed by atoms with Crippen molar-refractivity contribution in [2.24, 2.45) is 0 Å². The third-order valence-electron chi connectivity index (χ3n) is 5.18. The third kappa shape index (κ3) is 5.96. The average Bonchev–Trinajstić information content (AvgIpc) is 2.70. The molecule has 3 N–H and O–H groups in total. The monoisotopic (exact) mass is 389 g/mol. The molecule has 0 saturated carbocycles. The van der Waals surface area contributed by atoms with Crippen LogP contribution in [0.4, 0.5) is 5.69 Å². The molecule has 0 unspecified atom stereocenters. The van der Waals surface area contributed by atoms with E-state index in [2.05, 4.69) is 5.32 Å². The molecule has 3 rings (SSSR count). The van der Waals surface area contributed by atoms with Crippen LogP contribution >= 0.6 is 11.6 Å². The highest BCUT2D eigenvalue weighted by Crippen LogP contribution is 2.14. The lowest BCUT2D eigenvalue weighted by Crippen LogP contribution is -3.30. The molecule has 0 aliphatic carbocycles. The van der Waals surface area contributed by atoms with Crippen LogP contribution in [0.15, 0.2) is 54.6 Å². The number of benzene rings is 2. The lowest BCUT2D eigenvalue weighted by atomic mass is 10.2. The second-order valence-corrected chi connectivity index (χ2v) is 7.47. The summed E-state index contributed by atoms with van der Waals surface area (Å²) >= 11 is 5.88. The standard InChI is InChI=1S/C21H26ClN3O2/c1-17(21(26)23-19-5-3-2-4-6-19)25-13-11-24(12-14-25)15-16-27-20-9-7-18(22)8-10-20/h2-10,17H,11-16H2,1H3,(H,23,26)/p+2/t17-/m0/s1. The van der Waals surface area contributed by atoms with Crippen LogP contribution in [0.5, 0.6) is 5.75 Å². The first-order valence-electron chi connectivity index (χ1n) is 9.54. The SMILES string of the molecule is C[C@@H](C(=O)Nc1ccccc1)[NH+]1CC[NH+](CCOc2ccc(Cl)cc2)CC1. The number of piperazine rings is 1. The molecule has 0 radical (unpaired) electrons. The molecule has 2 aromatic rings. The van der Waals surface area contributed by atoms with Crippen molar-refractivity contribution >= 4 is 23.2 Å². The normalized spacial score (nSPS) is 20.7. The fraction of sp³-hybridized carbons (Fsp3) is 0.381. The van der Waals surface area contributed by atoms with Crippen LogP contribution in [0.3, 0.4) is 0 Å². The van der Waals surface area contributed by atoms with E-state index in [9.17, 15) is 4.79 Å². The first-order chi connectivity index (χ1) is 13.1. The Balaban J connectivity index is 1.37. The molecule has 0 bridgehead atoms. The Hall–Kier alpha value is -2.08. The Kier molecular flexibility index (Phi) is 7.10. The fourth-order valence-corrected chi connectivity index (χ4v) is 3.54. The smallest absolute Gasteiger partial charge is 0.282 e. The predicted molar refractivity (Wildman–Crippen MR) is 108 cm³/mol. The number of quaternary nitrogens is 2. The van der Waals surface area contributed by atoms with E-state index in [0.29, 0.717) is 6.61 Å². The quantitative estimate of drug-likeness (QED) is 0.647. The lowest BCUT2D eigenvalue weighted by molar-refractivity contribution is -1.02. The van der Waals surface area contributed by atoms with E-state index in [1.165, 1.54) is 9.80 Å². The average molecular weight is 390 g/mol. The maximum Gasteiger partial charge on any atom is 0.282 e. The number of para-hydroxylation sites is 1. The first-order valence-corrected chi connectivity index (χ1v) is 9.92. The molecular formula is C21H28ClN3O2+2. The highest BCUT2D eigenvalue weighted by molar-refractivity contribution is 6.30. The predicted octanol–water partition coefficient (Wildman–Crippen LogP) is 0.529. The van der Waals surface area contributed by atoms with E-state index in [1.807, 2.05) is 61.5 Å². The van der Waals surface area contributed by atoms with Crippen molar-refractivity contribution in [3.05, 3.63) is 59.6 Å². The summed E-state index contributed by atoms with van der Waals surface area (Å²) in [5.74, 6) is 0.944. The van der Waals surface area contributed by atoms with E-state index in [1.54, 1.807) is 0 Å². The molecule has 5 nitrogen and oxygen atoms in total. The number of anilines is 1. The van der Waals surface area contributed by atoms with Crippen molar-refractivity contribution in [2.45, 2.75) is 13.0 Å². The number of amides is 1. The zero-order valence-electron chi connectivity index (χ0n) is 15.7. The van der Waals surface area contributed by atoms with Crippen LogP contribution in [-0.4, -0.2) is 51.3 Å². The van der Waals surface area contributed by atoms with Gasteiger partial charge < -0.3 is 19.9 Å². The van der Waals surface area contributed by atoms with Crippen LogP contribution in [0.2, 0.25) is 5.02 Å². The molecule has 0 spiro atoms. The number of ether oxygens (including phenoxy) is 1. The Morgan fingerprint density at radius 1 is 1.07 bits per heavy atom. The molecule has 1 amide bonds. The Morgan fingerprint density at radius 3 is 2.41 bits per heavy atom. The molecule has 1 saturated heterocycles. The second-order valence-electron chi connectivity index (χ2n) is 7.04. The number of nitrogens with one attached hydrogen (secondary N) is 3. The highest BCUT2D eigenvalue weighted by Gasteiger charge is 2.30. The minimum Gasteiger partial charge on any atom is -0.488 e. The van der Waals surface area contributed by atoms with Gasteiger partial charge in [0, 0.05) is 10.7 Å². The number of hydrogen-bond donors (Lipinski definition) is 3. The summed E-state index contributed by atoms with van der Waals surface area (Å²) < 4.78 is 5.79. The topological polar surface area (TPSA) is 47.2 Å². The van der Waals surface area contributed by atoms with Crippen molar-refractivity contribution in [1.82, 2.24) is 0 Å². The summed E-state index contributed by atoms with van der Waals surface area (Å²) in [6.45, 7) is 7.79. The summed E-state index contributed by atoms with van der Waals surface area (Å²) in [4.78, 5) is 15.4. The van der Waals surface area contributed by atoms with Gasteiger partial charge >= 0.3 is 0 Å². The van der Waals surface area contributed by atoms with Gasteiger partial charge in [-0.05, 0) is 43.3 Å². The highest BCUT2D eigenvalue weighted by atomic mass is 35.5. The van der Waals surface area contributed by atoms with E-state index >= 15 is 0 Å². The molecule has 1 atom stereocenters. The number of hydrogen-bond acceptors (Lipinski definition) is 2. The van der Waals surface area contributed by atoms with Crippen LogP contribution < -0.4 is 19.9 Å². The van der Waals surface area contributed by atoms with Gasteiger partial charge in [0.15, 0.2) is 6.04 Å². The summed E-state index contributed by atoms with van der Waals surface area (Å²) in [5.41, 5.74) is 0.859.